The van der Waals surface area contributed by atoms with Crippen LogP contribution in [0.4, 0.5) is 0 Å². The van der Waals surface area contributed by atoms with Gasteiger partial charge in [-0.05, 0) is 57.7 Å². The first-order valence-electron chi connectivity index (χ1n) is 8.96. The van der Waals surface area contributed by atoms with Gasteiger partial charge in [-0.25, -0.2) is 0 Å². The van der Waals surface area contributed by atoms with Crippen molar-refractivity contribution in [3.63, 3.8) is 0 Å². The summed E-state index contributed by atoms with van der Waals surface area (Å²) in [7, 11) is 1.59. The van der Waals surface area contributed by atoms with Gasteiger partial charge in [0, 0.05) is 23.9 Å². The lowest BCUT2D eigenvalue weighted by Crippen LogP contribution is -2.58. The Balaban J connectivity index is 1.94. The molecule has 6 heteroatoms. The van der Waals surface area contributed by atoms with Gasteiger partial charge in [0.25, 0.3) is 0 Å². The number of carbonyl (C=O) groups is 2. The van der Waals surface area contributed by atoms with Gasteiger partial charge in [-0.2, -0.15) is 0 Å². The van der Waals surface area contributed by atoms with E-state index in [1.54, 1.807) is 27.8 Å². The molecule has 0 radical (unpaired) electrons. The summed E-state index contributed by atoms with van der Waals surface area (Å²) in [5.41, 5.74) is -2.30. The highest BCUT2D eigenvalue weighted by Crippen LogP contribution is 2.59. The Kier molecular flexibility index (Phi) is 4.72. The maximum absolute atomic E-state index is 13.0. The van der Waals surface area contributed by atoms with Crippen LogP contribution >= 0.6 is 15.9 Å². The number of halogens is 1. The Labute approximate surface area is 162 Å². The third-order valence-corrected chi connectivity index (χ3v) is 6.25. The van der Waals surface area contributed by atoms with Crippen LogP contribution in [0.5, 0.6) is 0 Å². The number of rotatable bonds is 3. The summed E-state index contributed by atoms with van der Waals surface area (Å²) in [6, 6.07) is 7.91. The number of amides is 1. The highest BCUT2D eigenvalue weighted by molar-refractivity contribution is 9.10. The number of esters is 1. The largest absolute Gasteiger partial charge is 0.459 e. The molecule has 2 fully saturated rings. The maximum Gasteiger partial charge on any atom is 0.318 e. The highest BCUT2D eigenvalue weighted by atomic mass is 79.9. The molecule has 3 rings (SSSR count). The molecule has 3 atom stereocenters. The Bertz CT molecular complexity index is 726. The van der Waals surface area contributed by atoms with Crippen LogP contribution in [0.2, 0.25) is 0 Å². The molecule has 1 saturated carbocycles. The molecule has 1 amide bonds. The van der Waals surface area contributed by atoms with Crippen molar-refractivity contribution in [3.8, 4) is 0 Å². The van der Waals surface area contributed by atoms with E-state index < -0.39 is 22.7 Å². The first-order chi connectivity index (χ1) is 12.0. The number of aliphatic hydroxyl groups is 1. The second-order valence-corrected chi connectivity index (χ2v) is 9.42. The van der Waals surface area contributed by atoms with Crippen LogP contribution in [0.1, 0.15) is 45.6 Å². The van der Waals surface area contributed by atoms with Crippen LogP contribution in [0.25, 0.3) is 0 Å². The lowest BCUT2D eigenvalue weighted by Gasteiger charge is -2.42. The van der Waals surface area contributed by atoms with Gasteiger partial charge in [-0.1, -0.05) is 28.1 Å². The summed E-state index contributed by atoms with van der Waals surface area (Å²) >= 11 is 3.42. The molecule has 1 aliphatic carbocycles. The average molecular weight is 424 g/mol. The van der Waals surface area contributed by atoms with E-state index in [9.17, 15) is 14.7 Å². The first-order valence-corrected chi connectivity index (χ1v) is 9.76. The molecule has 142 valence electrons. The van der Waals surface area contributed by atoms with E-state index >= 15 is 0 Å². The molecule has 1 aliphatic heterocycles. The van der Waals surface area contributed by atoms with Crippen LogP contribution < -0.4 is 0 Å². The van der Waals surface area contributed by atoms with Crippen LogP contribution in [-0.4, -0.2) is 40.3 Å². The molecule has 1 N–H and O–H groups in total. The second-order valence-electron chi connectivity index (χ2n) is 8.51. The van der Waals surface area contributed by atoms with Gasteiger partial charge in [0.15, 0.2) is 5.72 Å². The van der Waals surface area contributed by atoms with Crippen LogP contribution in [0.15, 0.2) is 28.7 Å². The van der Waals surface area contributed by atoms with E-state index in [2.05, 4.69) is 15.9 Å². The van der Waals surface area contributed by atoms with Crippen molar-refractivity contribution in [3.05, 3.63) is 34.3 Å². The predicted octanol–water partition coefficient (Wildman–Crippen LogP) is 3.28. The van der Waals surface area contributed by atoms with E-state index in [0.717, 1.165) is 10.0 Å². The van der Waals surface area contributed by atoms with E-state index in [4.69, 9.17) is 4.74 Å². The molecule has 2 aliphatic rings. The number of likely N-dealkylation sites (tertiary alicyclic amines) is 1. The monoisotopic (exact) mass is 423 g/mol. The third-order valence-electron chi connectivity index (χ3n) is 5.72. The fourth-order valence-corrected chi connectivity index (χ4v) is 4.69. The van der Waals surface area contributed by atoms with Crippen LogP contribution in [-0.2, 0) is 20.7 Å². The summed E-state index contributed by atoms with van der Waals surface area (Å²) in [6.07, 6.45) is 1.73. The molecule has 0 unspecified atom stereocenters. The second kappa shape index (κ2) is 6.34. The van der Waals surface area contributed by atoms with E-state index in [-0.39, 0.29) is 18.2 Å². The van der Waals surface area contributed by atoms with E-state index in [1.807, 2.05) is 24.3 Å². The Morgan fingerprint density at radius 3 is 2.54 bits per heavy atom. The Morgan fingerprint density at radius 2 is 1.96 bits per heavy atom. The summed E-state index contributed by atoms with van der Waals surface area (Å²) in [6.45, 7) is 5.40. The summed E-state index contributed by atoms with van der Waals surface area (Å²) in [4.78, 5) is 26.9. The average Bonchev–Trinajstić information content (AvgIpc) is 2.92. The summed E-state index contributed by atoms with van der Waals surface area (Å²) in [5.74, 6) is -0.894. The number of hydrogen-bond acceptors (Lipinski definition) is 4. The smallest absolute Gasteiger partial charge is 0.318 e. The van der Waals surface area contributed by atoms with Crippen molar-refractivity contribution < 1.29 is 19.4 Å². The highest BCUT2D eigenvalue weighted by Gasteiger charge is 2.72. The van der Waals surface area contributed by atoms with Gasteiger partial charge in [-0.3, -0.25) is 9.59 Å². The summed E-state index contributed by atoms with van der Waals surface area (Å²) < 4.78 is 6.61. The first kappa shape index (κ1) is 19.4. The molecule has 1 heterocycles. The van der Waals surface area contributed by atoms with Crippen molar-refractivity contribution in [1.82, 2.24) is 4.90 Å². The van der Waals surface area contributed by atoms with Gasteiger partial charge in [0.05, 0.1) is 0 Å². The minimum absolute atomic E-state index is 0.00571. The zero-order chi connectivity index (χ0) is 19.3. The standard InChI is InChI=1S/C20H26BrNO4/c1-18(2,3)26-17(24)19-10-9-14(11-13-5-7-15(21)8-6-13)20(19,25)22(4)16(23)12-19/h5-8,14,25H,9-12H2,1-4H3/t14-,19+,20-/m1/s1. The molecule has 26 heavy (non-hydrogen) atoms. The van der Waals surface area contributed by atoms with Gasteiger partial charge >= 0.3 is 5.97 Å². The Morgan fingerprint density at radius 1 is 1.35 bits per heavy atom. The number of nitrogens with zero attached hydrogens (tertiary/aromatic N) is 1. The molecule has 0 spiro atoms. The minimum atomic E-state index is -1.51. The van der Waals surface area contributed by atoms with Gasteiger partial charge in [-0.15, -0.1) is 0 Å². The molecule has 1 saturated heterocycles. The fraction of sp³-hybridized carbons (Fsp3) is 0.600. The zero-order valence-electron chi connectivity index (χ0n) is 15.7. The lowest BCUT2D eigenvalue weighted by molar-refractivity contribution is -0.199. The third kappa shape index (κ3) is 2.97. The van der Waals surface area contributed by atoms with Crippen molar-refractivity contribution in [2.75, 3.05) is 7.05 Å². The molecule has 0 bridgehead atoms. The lowest BCUT2D eigenvalue weighted by atomic mass is 9.76. The van der Waals surface area contributed by atoms with Gasteiger partial charge < -0.3 is 14.7 Å². The number of fused-ring (bicyclic) bond motifs is 1. The van der Waals surface area contributed by atoms with Crippen molar-refractivity contribution >= 4 is 27.8 Å². The van der Waals surface area contributed by atoms with E-state index in [1.165, 1.54) is 4.90 Å². The maximum atomic E-state index is 13.0. The molecular weight excluding hydrogens is 398 g/mol. The molecule has 5 nitrogen and oxygen atoms in total. The van der Waals surface area contributed by atoms with Crippen molar-refractivity contribution in [2.45, 2.75) is 57.8 Å². The molecule has 1 aromatic rings. The van der Waals surface area contributed by atoms with Gasteiger partial charge in [0.1, 0.15) is 11.0 Å². The zero-order valence-corrected chi connectivity index (χ0v) is 17.3. The topological polar surface area (TPSA) is 66.8 Å². The van der Waals surface area contributed by atoms with Crippen LogP contribution in [0.3, 0.4) is 0 Å². The number of hydrogen-bond donors (Lipinski definition) is 1. The quantitative estimate of drug-likeness (QED) is 0.757. The number of carbonyl (C=O) groups excluding carboxylic acids is 2. The fourth-order valence-electron chi connectivity index (χ4n) is 4.43. The minimum Gasteiger partial charge on any atom is -0.459 e. The predicted molar refractivity (Wildman–Crippen MR) is 101 cm³/mol. The number of ether oxygens (including phenoxy) is 1. The van der Waals surface area contributed by atoms with Crippen LogP contribution in [0, 0.1) is 11.3 Å². The summed E-state index contributed by atoms with van der Waals surface area (Å²) in [5, 5.41) is 11.7. The Hall–Kier alpha value is -1.40. The van der Waals surface area contributed by atoms with E-state index in [0.29, 0.717) is 19.3 Å². The van der Waals surface area contributed by atoms with Crippen molar-refractivity contribution in [1.29, 1.82) is 0 Å². The van der Waals surface area contributed by atoms with Gasteiger partial charge in [0.2, 0.25) is 5.91 Å². The van der Waals surface area contributed by atoms with Crippen molar-refractivity contribution in [2.24, 2.45) is 11.3 Å². The molecule has 1 aromatic carbocycles. The molecular formula is C20H26BrNO4. The number of benzene rings is 1. The SMILES string of the molecule is CN1C(=O)C[C@]2(C(=O)OC(C)(C)C)CC[C@H](Cc3ccc(Br)cc3)[C@]12O. The normalized spacial score (nSPS) is 31.2. The molecule has 0 aromatic heterocycles.